The summed E-state index contributed by atoms with van der Waals surface area (Å²) in [5.74, 6) is 1.04. The van der Waals surface area contributed by atoms with Gasteiger partial charge in [0.2, 0.25) is 5.91 Å². The van der Waals surface area contributed by atoms with Crippen LogP contribution in [-0.2, 0) is 11.3 Å². The maximum Gasteiger partial charge on any atom is 0.222 e. The summed E-state index contributed by atoms with van der Waals surface area (Å²) in [7, 11) is 0. The van der Waals surface area contributed by atoms with Crippen LogP contribution in [0.5, 0.6) is 0 Å². The number of rotatable bonds is 6. The van der Waals surface area contributed by atoms with Crippen molar-refractivity contribution < 1.29 is 4.79 Å². The normalized spacial score (nSPS) is 14.8. The zero-order valence-electron chi connectivity index (χ0n) is 14.4. The van der Waals surface area contributed by atoms with Crippen LogP contribution in [0.15, 0.2) is 11.4 Å². The van der Waals surface area contributed by atoms with E-state index in [1.54, 1.807) is 11.8 Å². The number of carbonyl (C=O) groups excluding carboxylic acids is 1. The summed E-state index contributed by atoms with van der Waals surface area (Å²) in [5, 5.41) is 9.15. The zero-order valence-corrected chi connectivity index (χ0v) is 15.3. The van der Waals surface area contributed by atoms with E-state index in [-0.39, 0.29) is 11.8 Å². The van der Waals surface area contributed by atoms with E-state index in [1.165, 1.54) is 12.8 Å². The highest BCUT2D eigenvalue weighted by Crippen LogP contribution is 2.28. The highest BCUT2D eigenvalue weighted by Gasteiger charge is 2.20. The van der Waals surface area contributed by atoms with E-state index in [2.05, 4.69) is 20.3 Å². The average molecular weight is 348 g/mol. The van der Waals surface area contributed by atoms with Crippen LogP contribution in [-0.4, -0.2) is 51.5 Å². The number of thioether (sulfide) groups is 1. The summed E-state index contributed by atoms with van der Waals surface area (Å²) in [4.78, 5) is 23.3. The molecule has 1 N–H and O–H groups in total. The van der Waals surface area contributed by atoms with E-state index in [1.807, 2.05) is 31.0 Å². The molecule has 1 aliphatic rings. The van der Waals surface area contributed by atoms with Crippen molar-refractivity contribution in [2.24, 2.45) is 5.92 Å². The molecule has 0 bridgehead atoms. The Morgan fingerprint density at radius 1 is 1.33 bits per heavy atom. The van der Waals surface area contributed by atoms with Crippen LogP contribution in [0.4, 0.5) is 5.82 Å². The monoisotopic (exact) mass is 348 g/mol. The average Bonchev–Trinajstić information content (AvgIpc) is 3.23. The number of hydrogen-bond donors (Lipinski definition) is 1. The second kappa shape index (κ2) is 7.38. The molecule has 1 amide bonds. The molecule has 3 heterocycles. The minimum Gasteiger partial charge on any atom is -0.356 e. The molecule has 2 aromatic rings. The van der Waals surface area contributed by atoms with Gasteiger partial charge in [-0.3, -0.25) is 4.79 Å². The Hall–Kier alpha value is -1.83. The first kappa shape index (κ1) is 17.0. The third-order valence-corrected chi connectivity index (χ3v) is 4.74. The second-order valence-electron chi connectivity index (χ2n) is 6.28. The summed E-state index contributed by atoms with van der Waals surface area (Å²) in [6.45, 7) is 7.00. The lowest BCUT2D eigenvalue weighted by molar-refractivity contribution is -0.124. The van der Waals surface area contributed by atoms with Crippen molar-refractivity contribution in [3.8, 4) is 0 Å². The molecule has 7 nitrogen and oxygen atoms in total. The van der Waals surface area contributed by atoms with Gasteiger partial charge in [0, 0.05) is 25.6 Å². The predicted octanol–water partition coefficient (Wildman–Crippen LogP) is 1.92. The van der Waals surface area contributed by atoms with Gasteiger partial charge in [-0.15, -0.1) is 0 Å². The molecule has 130 valence electrons. The van der Waals surface area contributed by atoms with Gasteiger partial charge >= 0.3 is 0 Å². The maximum atomic E-state index is 11.7. The lowest BCUT2D eigenvalue weighted by Gasteiger charge is -2.17. The van der Waals surface area contributed by atoms with E-state index in [9.17, 15) is 4.79 Å². The van der Waals surface area contributed by atoms with Gasteiger partial charge in [-0.1, -0.05) is 25.6 Å². The summed E-state index contributed by atoms with van der Waals surface area (Å²) in [6.07, 6.45) is 6.24. The molecule has 0 spiro atoms. The lowest BCUT2D eigenvalue weighted by atomic mass is 10.2. The Morgan fingerprint density at radius 2 is 2.08 bits per heavy atom. The van der Waals surface area contributed by atoms with Gasteiger partial charge in [0.1, 0.15) is 5.82 Å². The molecule has 1 aliphatic heterocycles. The Kier molecular flexibility index (Phi) is 5.23. The molecule has 0 saturated carbocycles. The lowest BCUT2D eigenvalue weighted by Crippen LogP contribution is -2.30. The van der Waals surface area contributed by atoms with E-state index >= 15 is 0 Å². The summed E-state index contributed by atoms with van der Waals surface area (Å²) >= 11 is 1.54. The topological polar surface area (TPSA) is 75.9 Å². The van der Waals surface area contributed by atoms with Gasteiger partial charge in [0.25, 0.3) is 0 Å². The van der Waals surface area contributed by atoms with Crippen LogP contribution >= 0.6 is 11.8 Å². The van der Waals surface area contributed by atoms with Crippen molar-refractivity contribution in [1.82, 2.24) is 25.1 Å². The minimum atomic E-state index is -0.00782. The molecule has 0 radical (unpaired) electrons. The first-order chi connectivity index (χ1) is 11.6. The molecule has 2 aromatic heterocycles. The second-order valence-corrected chi connectivity index (χ2v) is 7.05. The van der Waals surface area contributed by atoms with E-state index in [0.717, 1.165) is 35.1 Å². The maximum absolute atomic E-state index is 11.7. The summed E-state index contributed by atoms with van der Waals surface area (Å²) in [6, 6.07) is 0. The van der Waals surface area contributed by atoms with Gasteiger partial charge in [-0.2, -0.15) is 5.10 Å². The molecular formula is C16H24N6OS. The first-order valence-corrected chi connectivity index (χ1v) is 9.63. The molecule has 0 unspecified atom stereocenters. The van der Waals surface area contributed by atoms with Gasteiger partial charge in [-0.25, -0.2) is 14.6 Å². The van der Waals surface area contributed by atoms with E-state index < -0.39 is 0 Å². The smallest absolute Gasteiger partial charge is 0.222 e. The van der Waals surface area contributed by atoms with Crippen molar-refractivity contribution in [3.05, 3.63) is 6.20 Å². The fourth-order valence-electron chi connectivity index (χ4n) is 2.84. The number of fused-ring (bicyclic) bond motifs is 1. The molecule has 1 saturated heterocycles. The van der Waals surface area contributed by atoms with Crippen molar-refractivity contribution in [1.29, 1.82) is 0 Å². The highest BCUT2D eigenvalue weighted by atomic mass is 32.2. The number of amides is 1. The van der Waals surface area contributed by atoms with Crippen molar-refractivity contribution in [2.45, 2.75) is 38.4 Å². The van der Waals surface area contributed by atoms with Crippen LogP contribution in [0.1, 0.15) is 26.7 Å². The van der Waals surface area contributed by atoms with Gasteiger partial charge < -0.3 is 10.2 Å². The van der Waals surface area contributed by atoms with Gasteiger partial charge in [0.05, 0.1) is 18.1 Å². The van der Waals surface area contributed by atoms with E-state index in [0.29, 0.717) is 13.1 Å². The summed E-state index contributed by atoms with van der Waals surface area (Å²) < 4.78 is 1.86. The number of carbonyl (C=O) groups is 1. The van der Waals surface area contributed by atoms with Crippen LogP contribution in [0.25, 0.3) is 11.0 Å². The number of aromatic nitrogens is 4. The van der Waals surface area contributed by atoms with Crippen LogP contribution in [0.3, 0.4) is 0 Å². The van der Waals surface area contributed by atoms with E-state index in [4.69, 9.17) is 4.98 Å². The number of anilines is 1. The largest absolute Gasteiger partial charge is 0.356 e. The third-order valence-electron chi connectivity index (χ3n) is 4.19. The van der Waals surface area contributed by atoms with Gasteiger partial charge in [0.15, 0.2) is 10.8 Å². The number of nitrogens with one attached hydrogen (secondary N) is 1. The van der Waals surface area contributed by atoms with Crippen LogP contribution in [0.2, 0.25) is 0 Å². The minimum absolute atomic E-state index is 0.00782. The highest BCUT2D eigenvalue weighted by molar-refractivity contribution is 7.98. The molecule has 1 fully saturated rings. The van der Waals surface area contributed by atoms with Crippen molar-refractivity contribution in [2.75, 3.05) is 30.8 Å². The predicted molar refractivity (Wildman–Crippen MR) is 96.4 cm³/mol. The van der Waals surface area contributed by atoms with Crippen LogP contribution in [0, 0.1) is 5.92 Å². The molecule has 8 heteroatoms. The first-order valence-electron chi connectivity index (χ1n) is 8.40. The molecule has 0 atom stereocenters. The van der Waals surface area contributed by atoms with Crippen molar-refractivity contribution >= 4 is 34.5 Å². The SMILES string of the molecule is CSc1nc(N2CCCC2)c2cnn(CCNC(=O)C(C)C)c2n1. The number of hydrogen-bond acceptors (Lipinski definition) is 6. The number of nitrogens with zero attached hydrogens (tertiary/aromatic N) is 5. The zero-order chi connectivity index (χ0) is 17.1. The summed E-state index contributed by atoms with van der Waals surface area (Å²) in [5.41, 5.74) is 0.843. The quantitative estimate of drug-likeness (QED) is 0.635. The van der Waals surface area contributed by atoms with Gasteiger partial charge in [-0.05, 0) is 19.1 Å². The van der Waals surface area contributed by atoms with Crippen molar-refractivity contribution in [3.63, 3.8) is 0 Å². The molecule has 3 rings (SSSR count). The molecule has 0 aliphatic carbocycles. The Morgan fingerprint density at radius 3 is 2.75 bits per heavy atom. The Bertz CT molecular complexity index is 723. The standard InChI is InChI=1S/C16H24N6OS/c1-11(2)15(23)17-6-9-22-14-12(10-18-22)13(19-16(20-14)24-3)21-7-4-5-8-21/h10-11H,4-9H2,1-3H3,(H,17,23). The fourth-order valence-corrected chi connectivity index (χ4v) is 3.19. The molecular weight excluding hydrogens is 324 g/mol. The Balaban J connectivity index is 1.84. The Labute approximate surface area is 146 Å². The molecule has 0 aromatic carbocycles. The fraction of sp³-hybridized carbons (Fsp3) is 0.625. The third kappa shape index (κ3) is 3.48. The molecule has 24 heavy (non-hydrogen) atoms. The van der Waals surface area contributed by atoms with Crippen LogP contribution < -0.4 is 10.2 Å².